The summed E-state index contributed by atoms with van der Waals surface area (Å²) in [6.45, 7) is 2.73. The van der Waals surface area contributed by atoms with Crippen LogP contribution >= 0.6 is 0 Å². The number of ether oxygens (including phenoxy) is 1. The van der Waals surface area contributed by atoms with Gasteiger partial charge in [-0.25, -0.2) is 4.39 Å². The van der Waals surface area contributed by atoms with Crippen molar-refractivity contribution in [3.05, 3.63) is 59.7 Å². The summed E-state index contributed by atoms with van der Waals surface area (Å²) < 4.78 is 19.2. The summed E-state index contributed by atoms with van der Waals surface area (Å²) in [6, 6.07) is 8.49. The van der Waals surface area contributed by atoms with E-state index in [-0.39, 0.29) is 11.9 Å². The molecule has 0 saturated heterocycles. The Morgan fingerprint density at radius 2 is 2.21 bits per heavy atom. The minimum absolute atomic E-state index is 0.204. The molecule has 100 valence electrons. The van der Waals surface area contributed by atoms with E-state index in [2.05, 4.69) is 10.3 Å². The molecule has 0 amide bonds. The van der Waals surface area contributed by atoms with Crippen molar-refractivity contribution in [2.45, 2.75) is 13.0 Å². The third-order valence-corrected chi connectivity index (χ3v) is 2.94. The third kappa shape index (κ3) is 3.09. The number of hydrogen-bond donors (Lipinski definition) is 1. The first-order valence-electron chi connectivity index (χ1n) is 6.23. The number of rotatable bonds is 5. The van der Waals surface area contributed by atoms with Crippen LogP contribution in [0.1, 0.15) is 24.1 Å². The second-order valence-electron chi connectivity index (χ2n) is 4.16. The van der Waals surface area contributed by atoms with E-state index in [0.717, 1.165) is 12.1 Å². The van der Waals surface area contributed by atoms with E-state index in [1.54, 1.807) is 24.5 Å². The normalized spacial score (nSPS) is 12.2. The molecular weight excluding hydrogens is 243 g/mol. The smallest absolute Gasteiger partial charge is 0.132 e. The van der Waals surface area contributed by atoms with Crippen molar-refractivity contribution in [1.82, 2.24) is 10.3 Å². The number of nitrogens with one attached hydrogen (secondary N) is 1. The highest BCUT2D eigenvalue weighted by Gasteiger charge is 2.17. The van der Waals surface area contributed by atoms with Gasteiger partial charge in [0.1, 0.15) is 11.6 Å². The Labute approximate surface area is 112 Å². The van der Waals surface area contributed by atoms with Crippen LogP contribution in [0.15, 0.2) is 42.7 Å². The summed E-state index contributed by atoms with van der Waals surface area (Å²) in [5, 5.41) is 3.27. The maximum absolute atomic E-state index is 14.2. The van der Waals surface area contributed by atoms with Gasteiger partial charge in [-0.15, -0.1) is 0 Å². The highest BCUT2D eigenvalue weighted by molar-refractivity contribution is 5.35. The molecule has 0 saturated carbocycles. The van der Waals surface area contributed by atoms with Gasteiger partial charge in [-0.2, -0.15) is 0 Å². The highest BCUT2D eigenvalue weighted by atomic mass is 19.1. The van der Waals surface area contributed by atoms with Crippen LogP contribution in [0.2, 0.25) is 0 Å². The molecule has 0 spiro atoms. The lowest BCUT2D eigenvalue weighted by Crippen LogP contribution is -2.23. The Hall–Kier alpha value is -1.94. The molecule has 0 aliphatic carbocycles. The van der Waals surface area contributed by atoms with E-state index >= 15 is 0 Å². The first kappa shape index (κ1) is 13.5. The number of nitrogens with zero attached hydrogens (tertiary/aromatic N) is 1. The van der Waals surface area contributed by atoms with E-state index in [4.69, 9.17) is 4.74 Å². The van der Waals surface area contributed by atoms with Gasteiger partial charge in [0.05, 0.1) is 13.2 Å². The van der Waals surface area contributed by atoms with Gasteiger partial charge in [0.2, 0.25) is 0 Å². The average molecular weight is 260 g/mol. The van der Waals surface area contributed by atoms with Crippen LogP contribution in [0.5, 0.6) is 5.75 Å². The van der Waals surface area contributed by atoms with Crippen molar-refractivity contribution in [3.8, 4) is 5.75 Å². The Balaban J connectivity index is 2.39. The second kappa shape index (κ2) is 6.29. The fourth-order valence-corrected chi connectivity index (χ4v) is 2.03. The molecule has 2 rings (SSSR count). The summed E-state index contributed by atoms with van der Waals surface area (Å²) in [6.07, 6.45) is 3.45. The zero-order chi connectivity index (χ0) is 13.7. The summed E-state index contributed by atoms with van der Waals surface area (Å²) >= 11 is 0. The fraction of sp³-hybridized carbons (Fsp3) is 0.267. The van der Waals surface area contributed by atoms with Crippen LogP contribution in [0.25, 0.3) is 0 Å². The van der Waals surface area contributed by atoms with Crippen molar-refractivity contribution in [1.29, 1.82) is 0 Å². The maximum Gasteiger partial charge on any atom is 0.132 e. The minimum Gasteiger partial charge on any atom is -0.497 e. The fourth-order valence-electron chi connectivity index (χ4n) is 2.03. The standard InChI is InChI=1S/C15H17FN2O/c1-3-18-15(11-5-4-8-17-10-11)13-7-6-12(19-2)9-14(13)16/h4-10,15,18H,3H2,1-2H3. The van der Waals surface area contributed by atoms with Gasteiger partial charge in [-0.3, -0.25) is 4.98 Å². The van der Waals surface area contributed by atoms with Crippen LogP contribution in [-0.2, 0) is 0 Å². The van der Waals surface area contributed by atoms with E-state index in [0.29, 0.717) is 11.3 Å². The number of aromatic nitrogens is 1. The maximum atomic E-state index is 14.2. The number of hydrogen-bond acceptors (Lipinski definition) is 3. The molecule has 0 fully saturated rings. The molecule has 0 bridgehead atoms. The topological polar surface area (TPSA) is 34.2 Å². The van der Waals surface area contributed by atoms with Gasteiger partial charge < -0.3 is 10.1 Å². The summed E-state index contributed by atoms with van der Waals surface area (Å²) in [4.78, 5) is 4.09. The quantitative estimate of drug-likeness (QED) is 0.897. The number of pyridine rings is 1. The SMILES string of the molecule is CCNC(c1cccnc1)c1ccc(OC)cc1F. The zero-order valence-corrected chi connectivity index (χ0v) is 11.1. The molecule has 1 heterocycles. The molecule has 0 aliphatic heterocycles. The molecular formula is C15H17FN2O. The van der Waals surface area contributed by atoms with Crippen molar-refractivity contribution in [3.63, 3.8) is 0 Å². The highest BCUT2D eigenvalue weighted by Crippen LogP contribution is 2.26. The van der Waals surface area contributed by atoms with Gasteiger partial charge in [-0.1, -0.05) is 19.1 Å². The summed E-state index contributed by atoms with van der Waals surface area (Å²) in [7, 11) is 1.53. The van der Waals surface area contributed by atoms with Crippen LogP contribution in [0.3, 0.4) is 0 Å². The number of methoxy groups -OCH3 is 1. The Morgan fingerprint density at radius 3 is 2.79 bits per heavy atom. The van der Waals surface area contributed by atoms with Crippen LogP contribution < -0.4 is 10.1 Å². The predicted octanol–water partition coefficient (Wildman–Crippen LogP) is 2.93. The summed E-state index contributed by atoms with van der Waals surface area (Å²) in [5.41, 5.74) is 1.53. The molecule has 1 unspecified atom stereocenters. The first-order valence-corrected chi connectivity index (χ1v) is 6.23. The third-order valence-electron chi connectivity index (χ3n) is 2.94. The summed E-state index contributed by atoms with van der Waals surface area (Å²) in [5.74, 6) is 0.233. The van der Waals surface area contributed by atoms with Crippen molar-refractivity contribution in [2.75, 3.05) is 13.7 Å². The molecule has 1 aromatic carbocycles. The van der Waals surface area contributed by atoms with E-state index in [1.807, 2.05) is 19.1 Å². The van der Waals surface area contributed by atoms with Gasteiger partial charge in [0, 0.05) is 24.0 Å². The zero-order valence-electron chi connectivity index (χ0n) is 11.1. The van der Waals surface area contributed by atoms with E-state index in [9.17, 15) is 4.39 Å². The molecule has 3 nitrogen and oxygen atoms in total. The molecule has 4 heteroatoms. The van der Waals surface area contributed by atoms with Gasteiger partial charge in [-0.05, 0) is 24.2 Å². The number of halogens is 1. The van der Waals surface area contributed by atoms with Crippen LogP contribution in [0, 0.1) is 5.82 Å². The monoisotopic (exact) mass is 260 g/mol. The predicted molar refractivity (Wildman–Crippen MR) is 72.7 cm³/mol. The van der Waals surface area contributed by atoms with E-state index < -0.39 is 0 Å². The Kier molecular flexibility index (Phi) is 4.47. The lowest BCUT2D eigenvalue weighted by atomic mass is 9.99. The Bertz CT molecular complexity index is 531. The molecule has 0 radical (unpaired) electrons. The molecule has 1 aromatic heterocycles. The van der Waals surface area contributed by atoms with Gasteiger partial charge in [0.15, 0.2) is 0 Å². The Morgan fingerprint density at radius 1 is 1.37 bits per heavy atom. The molecule has 19 heavy (non-hydrogen) atoms. The lowest BCUT2D eigenvalue weighted by molar-refractivity contribution is 0.410. The van der Waals surface area contributed by atoms with Crippen molar-refractivity contribution < 1.29 is 9.13 Å². The lowest BCUT2D eigenvalue weighted by Gasteiger charge is -2.19. The molecule has 1 N–H and O–H groups in total. The first-order chi connectivity index (χ1) is 9.26. The number of benzene rings is 1. The average Bonchev–Trinajstić information content (AvgIpc) is 2.46. The van der Waals surface area contributed by atoms with E-state index in [1.165, 1.54) is 13.2 Å². The minimum atomic E-state index is -0.283. The van der Waals surface area contributed by atoms with Gasteiger partial charge in [0.25, 0.3) is 0 Å². The van der Waals surface area contributed by atoms with Crippen molar-refractivity contribution in [2.24, 2.45) is 0 Å². The largest absolute Gasteiger partial charge is 0.497 e. The van der Waals surface area contributed by atoms with Gasteiger partial charge >= 0.3 is 0 Å². The molecule has 1 atom stereocenters. The second-order valence-corrected chi connectivity index (χ2v) is 4.16. The van der Waals surface area contributed by atoms with Crippen LogP contribution in [0.4, 0.5) is 4.39 Å². The molecule has 0 aliphatic rings. The molecule has 2 aromatic rings. The van der Waals surface area contributed by atoms with Crippen LogP contribution in [-0.4, -0.2) is 18.6 Å². The van der Waals surface area contributed by atoms with Crippen molar-refractivity contribution >= 4 is 0 Å².